The van der Waals surface area contributed by atoms with Crippen molar-refractivity contribution in [2.75, 3.05) is 26.0 Å². The Hall–Kier alpha value is -1.50. The second-order valence-corrected chi connectivity index (χ2v) is 7.59. The van der Waals surface area contributed by atoms with Gasteiger partial charge >= 0.3 is 5.17 Å². The number of hydrogen-bond acceptors (Lipinski definition) is 4. The maximum absolute atomic E-state index is 11.7. The number of hydrogen-bond donors (Lipinski definition) is 1. The first-order chi connectivity index (χ1) is 12.2. The molecule has 0 saturated carbocycles. The highest BCUT2D eigenvalue weighted by Gasteiger charge is 2.53. The standard InChI is InChI=1S/C20H23N2O2S.BrH/c1-24-18-10-8-17(9-11-18)20(23)15-21-12-5-13-25-19(21)22(20)14-16-6-3-2-4-7-16;/h2-4,6-11,23H,5,12-15H2,1H3;1H/q+1;/p-1. The first kappa shape index (κ1) is 19.3. The van der Waals surface area contributed by atoms with E-state index in [4.69, 9.17) is 4.74 Å². The molecule has 0 bridgehead atoms. The Labute approximate surface area is 169 Å². The Bertz CT molecular complexity index is 782. The molecule has 0 amide bonds. The van der Waals surface area contributed by atoms with Crippen LogP contribution in [0.5, 0.6) is 5.75 Å². The van der Waals surface area contributed by atoms with Gasteiger partial charge in [-0.25, -0.2) is 9.48 Å². The molecule has 0 radical (unpaired) electrons. The zero-order valence-electron chi connectivity index (χ0n) is 14.8. The second-order valence-electron chi connectivity index (χ2n) is 6.52. The van der Waals surface area contributed by atoms with Gasteiger partial charge in [0, 0.05) is 11.3 Å². The van der Waals surface area contributed by atoms with Crippen molar-refractivity contribution in [2.45, 2.75) is 18.7 Å². The highest BCUT2D eigenvalue weighted by atomic mass is 79.9. The normalized spacial score (nSPS) is 22.0. The van der Waals surface area contributed by atoms with Crippen molar-refractivity contribution in [2.24, 2.45) is 0 Å². The van der Waals surface area contributed by atoms with E-state index < -0.39 is 5.72 Å². The van der Waals surface area contributed by atoms with Crippen LogP contribution in [0.3, 0.4) is 0 Å². The lowest BCUT2D eigenvalue weighted by atomic mass is 10.0. The Kier molecular flexibility index (Phi) is 5.95. The van der Waals surface area contributed by atoms with Crippen LogP contribution in [0.2, 0.25) is 0 Å². The van der Waals surface area contributed by atoms with Crippen molar-refractivity contribution in [3.05, 3.63) is 65.7 Å². The van der Waals surface area contributed by atoms with Crippen molar-refractivity contribution >= 4 is 16.9 Å². The van der Waals surface area contributed by atoms with Gasteiger partial charge in [0.25, 0.3) is 5.72 Å². The number of nitrogens with zero attached hydrogens (tertiary/aromatic N) is 2. The predicted octanol–water partition coefficient (Wildman–Crippen LogP) is -0.134. The number of halogens is 1. The average molecular weight is 435 g/mol. The van der Waals surface area contributed by atoms with Crippen LogP contribution < -0.4 is 21.7 Å². The molecule has 2 heterocycles. The van der Waals surface area contributed by atoms with E-state index in [1.165, 1.54) is 10.7 Å². The molecule has 2 aliphatic rings. The minimum atomic E-state index is -1.02. The third-order valence-corrected chi connectivity index (χ3v) is 6.13. The monoisotopic (exact) mass is 434 g/mol. The molecule has 0 fully saturated rings. The smallest absolute Gasteiger partial charge is 0.311 e. The summed E-state index contributed by atoms with van der Waals surface area (Å²) in [6, 6.07) is 18.1. The van der Waals surface area contributed by atoms with E-state index in [0.29, 0.717) is 13.1 Å². The Morgan fingerprint density at radius 3 is 2.58 bits per heavy atom. The summed E-state index contributed by atoms with van der Waals surface area (Å²) in [5.74, 6) is 1.91. The van der Waals surface area contributed by atoms with Gasteiger partial charge in [-0.1, -0.05) is 30.3 Å². The molecule has 0 saturated heterocycles. The van der Waals surface area contributed by atoms with E-state index in [1.807, 2.05) is 54.2 Å². The third kappa shape index (κ3) is 3.50. The summed E-state index contributed by atoms with van der Waals surface area (Å²) in [6.45, 7) is 2.31. The van der Waals surface area contributed by atoms with Crippen LogP contribution in [0, 0.1) is 0 Å². The summed E-state index contributed by atoms with van der Waals surface area (Å²) < 4.78 is 7.59. The minimum absolute atomic E-state index is 0. The van der Waals surface area contributed by atoms with Crippen LogP contribution in [-0.2, 0) is 12.3 Å². The Morgan fingerprint density at radius 2 is 1.88 bits per heavy atom. The van der Waals surface area contributed by atoms with E-state index in [2.05, 4.69) is 21.6 Å². The first-order valence-corrected chi connectivity index (χ1v) is 9.62. The van der Waals surface area contributed by atoms with Crippen LogP contribution in [0.25, 0.3) is 0 Å². The summed E-state index contributed by atoms with van der Waals surface area (Å²) in [4.78, 5) is 2.16. The van der Waals surface area contributed by atoms with Crippen molar-refractivity contribution in [3.8, 4) is 5.75 Å². The molecule has 138 valence electrons. The maximum atomic E-state index is 11.7. The van der Waals surface area contributed by atoms with E-state index in [0.717, 1.165) is 30.0 Å². The number of benzene rings is 2. The molecule has 6 heteroatoms. The van der Waals surface area contributed by atoms with Gasteiger partial charge in [0.2, 0.25) is 0 Å². The lowest BCUT2D eigenvalue weighted by Gasteiger charge is -2.29. The number of thioether (sulfide) groups is 1. The Balaban J connectivity index is 0.00000196. The first-order valence-electron chi connectivity index (χ1n) is 8.64. The number of aliphatic hydroxyl groups is 1. The fourth-order valence-corrected chi connectivity index (χ4v) is 4.75. The zero-order chi connectivity index (χ0) is 17.3. The van der Waals surface area contributed by atoms with E-state index in [-0.39, 0.29) is 17.0 Å². The van der Waals surface area contributed by atoms with Crippen molar-refractivity contribution < 1.29 is 31.4 Å². The summed E-state index contributed by atoms with van der Waals surface area (Å²) in [5.41, 5.74) is 1.09. The lowest BCUT2D eigenvalue weighted by molar-refractivity contribution is -0.532. The van der Waals surface area contributed by atoms with Crippen LogP contribution in [-0.4, -0.2) is 45.7 Å². The molecule has 4 rings (SSSR count). The molecule has 0 aromatic heterocycles. The van der Waals surface area contributed by atoms with E-state index >= 15 is 0 Å². The number of amidine groups is 1. The maximum Gasteiger partial charge on any atom is 0.311 e. The highest BCUT2D eigenvalue weighted by molar-refractivity contribution is 8.13. The molecule has 2 aromatic rings. The SMILES string of the molecule is COc1ccc(C2(O)C[N+]3=C(SCCC3)N2Cc2ccccc2)cc1.[Br-]. The summed E-state index contributed by atoms with van der Waals surface area (Å²) in [6.07, 6.45) is 1.16. The van der Waals surface area contributed by atoms with Gasteiger partial charge in [-0.3, -0.25) is 0 Å². The molecular weight excluding hydrogens is 412 g/mol. The molecule has 4 nitrogen and oxygen atoms in total. The Morgan fingerprint density at radius 1 is 1.15 bits per heavy atom. The molecule has 2 aromatic carbocycles. The van der Waals surface area contributed by atoms with Gasteiger partial charge in [0.15, 0.2) is 6.54 Å². The lowest BCUT2D eigenvalue weighted by Crippen LogP contribution is -3.00. The van der Waals surface area contributed by atoms with Gasteiger partial charge < -0.3 is 26.8 Å². The molecule has 1 unspecified atom stereocenters. The minimum Gasteiger partial charge on any atom is -1.00 e. The van der Waals surface area contributed by atoms with Crippen molar-refractivity contribution in [1.29, 1.82) is 0 Å². The topological polar surface area (TPSA) is 35.7 Å². The van der Waals surface area contributed by atoms with Crippen LogP contribution >= 0.6 is 11.8 Å². The second kappa shape index (κ2) is 8.03. The van der Waals surface area contributed by atoms with Crippen molar-refractivity contribution in [3.63, 3.8) is 0 Å². The average Bonchev–Trinajstić information content (AvgIpc) is 2.96. The van der Waals surface area contributed by atoms with E-state index in [9.17, 15) is 5.11 Å². The molecule has 1 N–H and O–H groups in total. The quantitative estimate of drug-likeness (QED) is 0.679. The van der Waals surface area contributed by atoms with Gasteiger partial charge in [0.05, 0.1) is 13.7 Å². The van der Waals surface area contributed by atoms with Gasteiger partial charge in [0.1, 0.15) is 12.3 Å². The molecule has 1 atom stereocenters. The van der Waals surface area contributed by atoms with Gasteiger partial charge in [-0.05, 0) is 48.0 Å². The highest BCUT2D eigenvalue weighted by Crippen LogP contribution is 2.37. The zero-order valence-corrected chi connectivity index (χ0v) is 17.2. The molecule has 0 aliphatic carbocycles. The number of rotatable bonds is 4. The van der Waals surface area contributed by atoms with Crippen LogP contribution in [0.4, 0.5) is 0 Å². The third-order valence-electron chi connectivity index (χ3n) is 4.90. The summed E-state index contributed by atoms with van der Waals surface area (Å²) in [5, 5.41) is 12.9. The fourth-order valence-electron chi connectivity index (χ4n) is 3.58. The number of ether oxygens (including phenoxy) is 1. The fraction of sp³-hybridized carbons (Fsp3) is 0.350. The molecule has 2 aliphatic heterocycles. The van der Waals surface area contributed by atoms with Crippen LogP contribution in [0.1, 0.15) is 17.5 Å². The van der Waals surface area contributed by atoms with Gasteiger partial charge in [-0.15, -0.1) is 0 Å². The largest absolute Gasteiger partial charge is 1.00 e. The molecule has 26 heavy (non-hydrogen) atoms. The predicted molar refractivity (Wildman–Crippen MR) is 101 cm³/mol. The van der Waals surface area contributed by atoms with Crippen molar-refractivity contribution in [1.82, 2.24) is 4.90 Å². The molecular formula is C20H23BrN2O2S. The molecule has 0 spiro atoms. The summed E-state index contributed by atoms with van der Waals surface area (Å²) in [7, 11) is 1.66. The van der Waals surface area contributed by atoms with E-state index in [1.54, 1.807) is 7.11 Å². The van der Waals surface area contributed by atoms with Crippen LogP contribution in [0.15, 0.2) is 54.6 Å². The van der Waals surface area contributed by atoms with Gasteiger partial charge in [-0.2, -0.15) is 0 Å². The number of methoxy groups -OCH3 is 1. The summed E-state index contributed by atoms with van der Waals surface area (Å²) >= 11 is 1.85.